The van der Waals surface area contributed by atoms with Gasteiger partial charge in [0.25, 0.3) is 0 Å². The van der Waals surface area contributed by atoms with Crippen LogP contribution in [0.25, 0.3) is 16.5 Å². The Hall–Kier alpha value is -2.55. The number of nitrogens with zero attached hydrogens (tertiary/aromatic N) is 1. The average Bonchev–Trinajstić information content (AvgIpc) is 2.41. The average molecular weight is 235 g/mol. The van der Waals surface area contributed by atoms with E-state index in [9.17, 15) is 9.59 Å². The van der Waals surface area contributed by atoms with Crippen molar-refractivity contribution < 1.29 is 9.59 Å². The van der Waals surface area contributed by atoms with Crippen LogP contribution in [-0.2, 0) is 9.59 Å². The van der Waals surface area contributed by atoms with E-state index in [1.165, 1.54) is 18.2 Å². The van der Waals surface area contributed by atoms with Crippen molar-refractivity contribution in [1.29, 1.82) is 0 Å². The highest BCUT2D eigenvalue weighted by Gasteiger charge is 2.16. The third-order valence-corrected chi connectivity index (χ3v) is 2.83. The second-order valence-electron chi connectivity index (χ2n) is 4.05. The number of hydrogen-bond donors (Lipinski definition) is 0. The van der Waals surface area contributed by atoms with Crippen molar-refractivity contribution in [1.82, 2.24) is 4.98 Å². The molecule has 3 heteroatoms. The Labute approximate surface area is 103 Å². The number of rotatable bonds is 1. The summed E-state index contributed by atoms with van der Waals surface area (Å²) in [4.78, 5) is 27.5. The molecule has 0 atom stereocenters. The molecule has 3 rings (SSSR count). The van der Waals surface area contributed by atoms with Crippen molar-refractivity contribution in [2.75, 3.05) is 0 Å². The van der Waals surface area contributed by atoms with E-state index in [1.807, 2.05) is 30.3 Å². The third kappa shape index (κ3) is 1.76. The van der Waals surface area contributed by atoms with Crippen molar-refractivity contribution >= 4 is 28.0 Å². The van der Waals surface area contributed by atoms with Crippen molar-refractivity contribution in [3.8, 4) is 0 Å². The first kappa shape index (κ1) is 10.6. The highest BCUT2D eigenvalue weighted by atomic mass is 16.1. The van der Waals surface area contributed by atoms with Crippen molar-refractivity contribution in [3.63, 3.8) is 0 Å². The third-order valence-electron chi connectivity index (χ3n) is 2.83. The van der Waals surface area contributed by atoms with E-state index in [0.29, 0.717) is 11.3 Å². The van der Waals surface area contributed by atoms with Gasteiger partial charge in [-0.3, -0.25) is 9.59 Å². The number of ketones is 2. The minimum Gasteiger partial charge on any atom is -0.290 e. The maximum atomic E-state index is 11.7. The Balaban J connectivity index is 2.15. The quantitative estimate of drug-likeness (QED) is 0.713. The summed E-state index contributed by atoms with van der Waals surface area (Å²) in [6, 6.07) is 11.3. The number of pyridine rings is 1. The lowest BCUT2D eigenvalue weighted by molar-refractivity contribution is -0.113. The van der Waals surface area contributed by atoms with Crippen molar-refractivity contribution in [3.05, 3.63) is 60.3 Å². The maximum Gasteiger partial charge on any atom is 0.188 e. The second kappa shape index (κ2) is 4.04. The zero-order chi connectivity index (χ0) is 12.5. The molecule has 0 unspecified atom stereocenters. The standard InChI is InChI=1S/C15H9NO2/c17-11-6-8-15(18)12(9-11)14-7-5-10-3-1-2-4-13(10)16-14/h1-9H. The van der Waals surface area contributed by atoms with Crippen LogP contribution in [-0.4, -0.2) is 16.6 Å². The molecule has 0 fully saturated rings. The molecule has 18 heavy (non-hydrogen) atoms. The summed E-state index contributed by atoms with van der Waals surface area (Å²) in [6.07, 6.45) is 3.89. The summed E-state index contributed by atoms with van der Waals surface area (Å²) in [5.41, 5.74) is 1.70. The van der Waals surface area contributed by atoms with Gasteiger partial charge >= 0.3 is 0 Å². The normalized spacial score (nSPS) is 15.0. The van der Waals surface area contributed by atoms with Crippen LogP contribution in [0.2, 0.25) is 0 Å². The lowest BCUT2D eigenvalue weighted by Gasteiger charge is -2.07. The molecule has 2 aromatic rings. The molecular formula is C15H9NO2. The fraction of sp³-hybridized carbons (Fsp3) is 0. The summed E-state index contributed by atoms with van der Waals surface area (Å²) in [6.45, 7) is 0. The van der Waals surface area contributed by atoms with Gasteiger partial charge in [0.15, 0.2) is 11.6 Å². The first-order valence-electron chi connectivity index (χ1n) is 5.58. The molecule has 1 aliphatic rings. The number of carbonyl (C=O) groups excluding carboxylic acids is 2. The Morgan fingerprint density at radius 1 is 0.889 bits per heavy atom. The van der Waals surface area contributed by atoms with E-state index in [1.54, 1.807) is 6.07 Å². The Bertz CT molecular complexity index is 726. The van der Waals surface area contributed by atoms with Crippen LogP contribution in [0.3, 0.4) is 0 Å². The molecule has 0 aliphatic heterocycles. The van der Waals surface area contributed by atoms with Gasteiger partial charge in [0.2, 0.25) is 0 Å². The summed E-state index contributed by atoms with van der Waals surface area (Å²) in [7, 11) is 0. The molecule has 0 N–H and O–H groups in total. The summed E-state index contributed by atoms with van der Waals surface area (Å²) < 4.78 is 0. The number of carbonyl (C=O) groups is 2. The minimum atomic E-state index is -0.183. The lowest BCUT2D eigenvalue weighted by Crippen LogP contribution is -2.07. The van der Waals surface area contributed by atoms with Crippen LogP contribution >= 0.6 is 0 Å². The minimum absolute atomic E-state index is 0.181. The molecule has 1 heterocycles. The van der Waals surface area contributed by atoms with E-state index >= 15 is 0 Å². The van der Waals surface area contributed by atoms with Crippen LogP contribution in [0.1, 0.15) is 5.69 Å². The molecule has 1 aliphatic carbocycles. The largest absolute Gasteiger partial charge is 0.290 e. The molecule has 1 aromatic heterocycles. The van der Waals surface area contributed by atoms with Crippen LogP contribution in [0.4, 0.5) is 0 Å². The summed E-state index contributed by atoms with van der Waals surface area (Å²) >= 11 is 0. The molecule has 0 spiro atoms. The number of benzene rings is 1. The molecule has 0 saturated carbocycles. The van der Waals surface area contributed by atoms with E-state index in [2.05, 4.69) is 4.98 Å². The molecule has 0 bridgehead atoms. The number of hydrogen-bond acceptors (Lipinski definition) is 3. The number of fused-ring (bicyclic) bond motifs is 1. The first-order valence-corrected chi connectivity index (χ1v) is 5.58. The van der Waals surface area contributed by atoms with E-state index < -0.39 is 0 Å². The highest BCUT2D eigenvalue weighted by molar-refractivity contribution is 6.33. The molecule has 3 nitrogen and oxygen atoms in total. The van der Waals surface area contributed by atoms with Gasteiger partial charge in [0.1, 0.15) is 0 Å². The maximum absolute atomic E-state index is 11.7. The van der Waals surface area contributed by atoms with Gasteiger partial charge in [-0.2, -0.15) is 0 Å². The molecule has 0 amide bonds. The zero-order valence-electron chi connectivity index (χ0n) is 9.46. The topological polar surface area (TPSA) is 47.0 Å². The Kier molecular flexibility index (Phi) is 2.38. The van der Waals surface area contributed by atoms with Crippen molar-refractivity contribution in [2.45, 2.75) is 0 Å². The van der Waals surface area contributed by atoms with Gasteiger partial charge in [0, 0.05) is 5.39 Å². The highest BCUT2D eigenvalue weighted by Crippen LogP contribution is 2.20. The van der Waals surface area contributed by atoms with Gasteiger partial charge in [-0.25, -0.2) is 4.98 Å². The number of allylic oxidation sites excluding steroid dienone is 4. The summed E-state index contributed by atoms with van der Waals surface area (Å²) in [5, 5.41) is 1.01. The molecular weight excluding hydrogens is 226 g/mol. The van der Waals surface area contributed by atoms with E-state index in [-0.39, 0.29) is 11.6 Å². The number of aromatic nitrogens is 1. The Morgan fingerprint density at radius 3 is 2.61 bits per heavy atom. The SMILES string of the molecule is O=C1C=CC(=O)C(c2ccc3ccccc3n2)=C1. The molecule has 0 saturated heterocycles. The van der Waals surface area contributed by atoms with Gasteiger partial charge in [0.05, 0.1) is 16.8 Å². The number of para-hydroxylation sites is 1. The van der Waals surface area contributed by atoms with Crippen molar-refractivity contribution in [2.24, 2.45) is 0 Å². The van der Waals surface area contributed by atoms with Crippen LogP contribution < -0.4 is 0 Å². The summed E-state index contributed by atoms with van der Waals surface area (Å²) in [5.74, 6) is -0.364. The van der Waals surface area contributed by atoms with E-state index in [4.69, 9.17) is 0 Å². The van der Waals surface area contributed by atoms with E-state index in [0.717, 1.165) is 10.9 Å². The first-order chi connectivity index (χ1) is 8.74. The van der Waals surface area contributed by atoms with Crippen LogP contribution in [0.15, 0.2) is 54.6 Å². The molecule has 86 valence electrons. The van der Waals surface area contributed by atoms with Gasteiger partial charge < -0.3 is 0 Å². The fourth-order valence-electron chi connectivity index (χ4n) is 1.93. The monoisotopic (exact) mass is 235 g/mol. The van der Waals surface area contributed by atoms with Gasteiger partial charge in [-0.1, -0.05) is 24.3 Å². The second-order valence-corrected chi connectivity index (χ2v) is 4.05. The molecule has 1 aromatic carbocycles. The zero-order valence-corrected chi connectivity index (χ0v) is 9.46. The predicted molar refractivity (Wildman–Crippen MR) is 68.9 cm³/mol. The van der Waals surface area contributed by atoms with Gasteiger partial charge in [-0.05, 0) is 30.4 Å². The predicted octanol–water partition coefficient (Wildman–Crippen LogP) is 2.33. The van der Waals surface area contributed by atoms with Crippen LogP contribution in [0, 0.1) is 0 Å². The fourth-order valence-corrected chi connectivity index (χ4v) is 1.93. The lowest BCUT2D eigenvalue weighted by atomic mass is 10.00. The van der Waals surface area contributed by atoms with Crippen LogP contribution in [0.5, 0.6) is 0 Å². The Morgan fingerprint density at radius 2 is 1.72 bits per heavy atom. The molecule has 0 radical (unpaired) electrons. The van der Waals surface area contributed by atoms with Gasteiger partial charge in [-0.15, -0.1) is 0 Å². The smallest absolute Gasteiger partial charge is 0.188 e.